The Labute approximate surface area is 105 Å². The van der Waals surface area contributed by atoms with E-state index >= 15 is 0 Å². The summed E-state index contributed by atoms with van der Waals surface area (Å²) in [5.41, 5.74) is 6.45. The molecule has 1 fully saturated rings. The lowest BCUT2D eigenvalue weighted by Crippen LogP contribution is -2.32. The van der Waals surface area contributed by atoms with Crippen LogP contribution in [0.1, 0.15) is 11.1 Å². The van der Waals surface area contributed by atoms with Gasteiger partial charge in [0.2, 0.25) is 0 Å². The number of nitrogens with zero attached hydrogens (tertiary/aromatic N) is 1. The third-order valence-corrected chi connectivity index (χ3v) is 3.80. The Kier molecular flexibility index (Phi) is 4.02. The molecule has 0 saturated carbocycles. The van der Waals surface area contributed by atoms with Gasteiger partial charge in [-0.25, -0.2) is 4.39 Å². The van der Waals surface area contributed by atoms with Crippen LogP contribution < -0.4 is 5.73 Å². The fraction of sp³-hybridized carbons (Fsp3) is 0.417. The first kappa shape index (κ1) is 12.4. The van der Waals surface area contributed by atoms with Gasteiger partial charge in [-0.1, -0.05) is 12.1 Å². The summed E-state index contributed by atoms with van der Waals surface area (Å²) >= 11 is 1.94. The number of nitrogens with one attached hydrogen (secondary N) is 1. The molecule has 0 radical (unpaired) electrons. The van der Waals surface area contributed by atoms with E-state index in [2.05, 4.69) is 4.90 Å². The second-order valence-corrected chi connectivity index (χ2v) is 5.33. The number of benzene rings is 1. The van der Waals surface area contributed by atoms with Crippen LogP contribution in [0.4, 0.5) is 4.39 Å². The SMILES string of the molecule is N=C(N)c1ccc(CN2CCSCC2)c(F)c1. The second-order valence-electron chi connectivity index (χ2n) is 4.11. The summed E-state index contributed by atoms with van der Waals surface area (Å²) in [5.74, 6) is 1.88. The molecule has 0 aliphatic carbocycles. The summed E-state index contributed by atoms with van der Waals surface area (Å²) in [5, 5.41) is 7.25. The molecule has 0 aromatic heterocycles. The van der Waals surface area contributed by atoms with E-state index in [1.54, 1.807) is 12.1 Å². The van der Waals surface area contributed by atoms with E-state index in [-0.39, 0.29) is 11.7 Å². The number of thioether (sulfide) groups is 1. The number of hydrogen-bond donors (Lipinski definition) is 2. The molecule has 1 heterocycles. The van der Waals surface area contributed by atoms with Crippen molar-refractivity contribution >= 4 is 17.6 Å². The summed E-state index contributed by atoms with van der Waals surface area (Å²) in [6.07, 6.45) is 0. The first-order valence-corrected chi connectivity index (χ1v) is 6.75. The molecule has 1 aliphatic heterocycles. The maximum atomic E-state index is 13.8. The van der Waals surface area contributed by atoms with Crippen molar-refractivity contribution in [1.82, 2.24) is 4.90 Å². The lowest BCUT2D eigenvalue weighted by molar-refractivity contribution is 0.290. The molecule has 2 rings (SSSR count). The second kappa shape index (κ2) is 5.51. The van der Waals surface area contributed by atoms with E-state index in [1.165, 1.54) is 6.07 Å². The zero-order chi connectivity index (χ0) is 12.3. The predicted molar refractivity (Wildman–Crippen MR) is 70.0 cm³/mol. The molecule has 0 bridgehead atoms. The molecule has 1 aromatic carbocycles. The number of nitrogen functional groups attached to an aromatic ring is 1. The Morgan fingerprint density at radius 3 is 2.71 bits per heavy atom. The van der Waals surface area contributed by atoms with Crippen molar-refractivity contribution in [2.75, 3.05) is 24.6 Å². The van der Waals surface area contributed by atoms with Gasteiger partial charge in [-0.2, -0.15) is 11.8 Å². The normalized spacial score (nSPS) is 17.0. The van der Waals surface area contributed by atoms with Gasteiger partial charge in [0.15, 0.2) is 0 Å². The molecule has 1 aliphatic rings. The Balaban J connectivity index is 2.08. The quantitative estimate of drug-likeness (QED) is 0.636. The smallest absolute Gasteiger partial charge is 0.128 e. The summed E-state index contributed by atoms with van der Waals surface area (Å²) in [7, 11) is 0. The van der Waals surface area contributed by atoms with Crippen LogP contribution in [-0.4, -0.2) is 35.3 Å². The standard InChI is InChI=1S/C12H16FN3S/c13-11-7-9(12(14)15)1-2-10(11)8-16-3-5-17-6-4-16/h1-2,7H,3-6,8H2,(H3,14,15). The number of amidine groups is 1. The highest BCUT2D eigenvalue weighted by molar-refractivity contribution is 7.99. The Morgan fingerprint density at radius 1 is 1.41 bits per heavy atom. The van der Waals surface area contributed by atoms with Gasteiger partial charge in [0.05, 0.1) is 0 Å². The molecule has 5 heteroatoms. The van der Waals surface area contributed by atoms with Crippen LogP contribution in [0.2, 0.25) is 0 Å². The summed E-state index contributed by atoms with van der Waals surface area (Å²) in [4.78, 5) is 2.25. The molecule has 3 nitrogen and oxygen atoms in total. The van der Waals surface area contributed by atoms with Crippen LogP contribution in [0.5, 0.6) is 0 Å². The minimum absolute atomic E-state index is 0.0928. The van der Waals surface area contributed by atoms with Crippen LogP contribution in [0.3, 0.4) is 0 Å². The Morgan fingerprint density at radius 2 is 2.12 bits per heavy atom. The largest absolute Gasteiger partial charge is 0.384 e. The molecule has 17 heavy (non-hydrogen) atoms. The zero-order valence-corrected chi connectivity index (χ0v) is 10.4. The van der Waals surface area contributed by atoms with Gasteiger partial charge in [0, 0.05) is 42.3 Å². The monoisotopic (exact) mass is 253 g/mol. The molecule has 1 saturated heterocycles. The zero-order valence-electron chi connectivity index (χ0n) is 9.58. The van der Waals surface area contributed by atoms with Crippen LogP contribution in [0.25, 0.3) is 0 Å². The van der Waals surface area contributed by atoms with Crippen molar-refractivity contribution in [1.29, 1.82) is 5.41 Å². The molecule has 0 unspecified atom stereocenters. The Hall–Kier alpha value is -1.07. The van der Waals surface area contributed by atoms with E-state index in [9.17, 15) is 4.39 Å². The van der Waals surface area contributed by atoms with Crippen molar-refractivity contribution in [3.8, 4) is 0 Å². The van der Waals surface area contributed by atoms with Crippen molar-refractivity contribution in [3.05, 3.63) is 35.1 Å². The van der Waals surface area contributed by atoms with Gasteiger partial charge in [0.25, 0.3) is 0 Å². The molecule has 0 spiro atoms. The molecular weight excluding hydrogens is 237 g/mol. The van der Waals surface area contributed by atoms with Crippen LogP contribution in [-0.2, 0) is 6.54 Å². The average molecular weight is 253 g/mol. The van der Waals surface area contributed by atoms with Gasteiger partial charge in [-0.15, -0.1) is 0 Å². The van der Waals surface area contributed by atoms with E-state index in [0.717, 1.165) is 24.6 Å². The first-order valence-electron chi connectivity index (χ1n) is 5.60. The average Bonchev–Trinajstić information content (AvgIpc) is 2.33. The predicted octanol–water partition coefficient (Wildman–Crippen LogP) is 1.66. The van der Waals surface area contributed by atoms with Gasteiger partial charge >= 0.3 is 0 Å². The molecule has 92 valence electrons. The molecule has 1 aromatic rings. The molecule has 0 amide bonds. The lowest BCUT2D eigenvalue weighted by atomic mass is 10.1. The molecular formula is C12H16FN3S. The van der Waals surface area contributed by atoms with Crippen molar-refractivity contribution < 1.29 is 4.39 Å². The van der Waals surface area contributed by atoms with Gasteiger partial charge in [-0.3, -0.25) is 10.3 Å². The number of nitrogens with two attached hydrogens (primary N) is 1. The van der Waals surface area contributed by atoms with Gasteiger partial charge in [0.1, 0.15) is 11.7 Å². The number of rotatable bonds is 3. The highest BCUT2D eigenvalue weighted by Gasteiger charge is 2.13. The summed E-state index contributed by atoms with van der Waals surface area (Å²) < 4.78 is 13.8. The van der Waals surface area contributed by atoms with E-state index in [0.29, 0.717) is 17.7 Å². The van der Waals surface area contributed by atoms with Gasteiger partial charge in [-0.05, 0) is 6.07 Å². The first-order chi connectivity index (χ1) is 8.16. The van der Waals surface area contributed by atoms with Crippen LogP contribution in [0.15, 0.2) is 18.2 Å². The highest BCUT2D eigenvalue weighted by atomic mass is 32.2. The maximum absolute atomic E-state index is 13.8. The van der Waals surface area contributed by atoms with Crippen LogP contribution in [0, 0.1) is 11.2 Å². The van der Waals surface area contributed by atoms with Crippen molar-refractivity contribution in [2.45, 2.75) is 6.54 Å². The number of halogens is 1. The highest BCUT2D eigenvalue weighted by Crippen LogP contribution is 2.16. The summed E-state index contributed by atoms with van der Waals surface area (Å²) in [6.45, 7) is 2.67. The topological polar surface area (TPSA) is 53.1 Å². The third-order valence-electron chi connectivity index (χ3n) is 2.86. The van der Waals surface area contributed by atoms with E-state index < -0.39 is 0 Å². The van der Waals surface area contributed by atoms with Crippen molar-refractivity contribution in [2.24, 2.45) is 5.73 Å². The Bertz CT molecular complexity index is 416. The van der Waals surface area contributed by atoms with E-state index in [1.807, 2.05) is 11.8 Å². The maximum Gasteiger partial charge on any atom is 0.128 e. The van der Waals surface area contributed by atoms with Crippen molar-refractivity contribution in [3.63, 3.8) is 0 Å². The minimum atomic E-state index is -0.268. The van der Waals surface area contributed by atoms with Gasteiger partial charge < -0.3 is 5.73 Å². The summed E-state index contributed by atoms with van der Waals surface area (Å²) in [6, 6.07) is 4.78. The fourth-order valence-electron chi connectivity index (χ4n) is 1.84. The molecule has 0 atom stereocenters. The van der Waals surface area contributed by atoms with Crippen LogP contribution >= 0.6 is 11.8 Å². The van der Waals surface area contributed by atoms with E-state index in [4.69, 9.17) is 11.1 Å². The number of hydrogen-bond acceptors (Lipinski definition) is 3. The third kappa shape index (κ3) is 3.20. The minimum Gasteiger partial charge on any atom is -0.384 e. The fourth-order valence-corrected chi connectivity index (χ4v) is 2.82. The lowest BCUT2D eigenvalue weighted by Gasteiger charge is -2.26. The molecule has 3 N–H and O–H groups in total.